The highest BCUT2D eigenvalue weighted by Gasteiger charge is 2.40. The second-order valence-electron chi connectivity index (χ2n) is 7.81. The largest absolute Gasteiger partial charge is 0.326 e. The van der Waals surface area contributed by atoms with E-state index in [1.807, 2.05) is 19.1 Å². The van der Waals surface area contributed by atoms with E-state index in [1.54, 1.807) is 24.3 Å². The SMILES string of the molecule is CC(=O)c1nn(CC(=O)N2C[C@H](F)CC2C(=O)Nc2cccc(Cl)n2)c2ccc(C)cc12. The molecule has 0 spiro atoms. The molecule has 2 amide bonds. The van der Waals surface area contributed by atoms with Gasteiger partial charge in [-0.15, -0.1) is 0 Å². The van der Waals surface area contributed by atoms with Crippen molar-refractivity contribution in [1.29, 1.82) is 0 Å². The van der Waals surface area contributed by atoms with Crippen molar-refractivity contribution in [2.75, 3.05) is 11.9 Å². The average Bonchev–Trinajstić information content (AvgIpc) is 3.28. The summed E-state index contributed by atoms with van der Waals surface area (Å²) in [4.78, 5) is 43.0. The Morgan fingerprint density at radius 1 is 1.25 bits per heavy atom. The number of pyridine rings is 1. The third kappa shape index (κ3) is 4.34. The number of amides is 2. The number of nitrogens with one attached hydrogen (secondary N) is 1. The van der Waals surface area contributed by atoms with Crippen LogP contribution in [0.15, 0.2) is 36.4 Å². The Bertz CT molecular complexity index is 1230. The molecule has 2 atom stereocenters. The molecule has 1 aliphatic rings. The van der Waals surface area contributed by atoms with Gasteiger partial charge in [-0.1, -0.05) is 29.3 Å². The fourth-order valence-electron chi connectivity index (χ4n) is 3.89. The van der Waals surface area contributed by atoms with Gasteiger partial charge in [0.25, 0.3) is 0 Å². The second-order valence-corrected chi connectivity index (χ2v) is 8.20. The van der Waals surface area contributed by atoms with E-state index in [0.29, 0.717) is 10.9 Å². The summed E-state index contributed by atoms with van der Waals surface area (Å²) < 4.78 is 15.6. The van der Waals surface area contributed by atoms with Gasteiger partial charge in [-0.3, -0.25) is 19.1 Å². The molecule has 1 fully saturated rings. The lowest BCUT2D eigenvalue weighted by atomic mass is 10.1. The predicted octanol–water partition coefficient (Wildman–Crippen LogP) is 3.17. The van der Waals surface area contributed by atoms with Gasteiger partial charge in [0.2, 0.25) is 11.8 Å². The topological polar surface area (TPSA) is 97.2 Å². The van der Waals surface area contributed by atoms with Gasteiger partial charge in [-0.25, -0.2) is 9.37 Å². The highest BCUT2D eigenvalue weighted by Crippen LogP contribution is 2.25. The average molecular weight is 458 g/mol. The molecule has 8 nitrogen and oxygen atoms in total. The number of hydrogen-bond acceptors (Lipinski definition) is 5. The van der Waals surface area contributed by atoms with Crippen molar-refractivity contribution < 1.29 is 18.8 Å². The van der Waals surface area contributed by atoms with E-state index >= 15 is 0 Å². The van der Waals surface area contributed by atoms with Crippen LogP contribution >= 0.6 is 11.6 Å². The molecule has 10 heteroatoms. The zero-order chi connectivity index (χ0) is 23.0. The van der Waals surface area contributed by atoms with Gasteiger partial charge in [0.1, 0.15) is 35.4 Å². The summed E-state index contributed by atoms with van der Waals surface area (Å²) in [5.41, 5.74) is 1.84. The minimum absolute atomic E-state index is 0.115. The highest BCUT2D eigenvalue weighted by molar-refractivity contribution is 6.29. The van der Waals surface area contributed by atoms with Gasteiger partial charge < -0.3 is 10.2 Å². The number of benzene rings is 1. The number of ketones is 1. The zero-order valence-electron chi connectivity index (χ0n) is 17.5. The van der Waals surface area contributed by atoms with E-state index in [2.05, 4.69) is 15.4 Å². The highest BCUT2D eigenvalue weighted by atomic mass is 35.5. The molecule has 3 heterocycles. The molecule has 0 radical (unpaired) electrons. The van der Waals surface area contributed by atoms with Crippen LogP contribution in [0.3, 0.4) is 0 Å². The molecular weight excluding hydrogens is 437 g/mol. The number of carbonyl (C=O) groups excluding carboxylic acids is 3. The first-order valence-corrected chi connectivity index (χ1v) is 10.5. The van der Waals surface area contributed by atoms with Crippen LogP contribution in [0.2, 0.25) is 5.15 Å². The number of hydrogen-bond donors (Lipinski definition) is 1. The number of anilines is 1. The molecule has 0 aliphatic carbocycles. The van der Waals surface area contributed by atoms with Crippen molar-refractivity contribution in [3.63, 3.8) is 0 Å². The quantitative estimate of drug-likeness (QED) is 0.469. The number of aromatic nitrogens is 3. The summed E-state index contributed by atoms with van der Waals surface area (Å²) in [6.45, 7) is 2.89. The van der Waals surface area contributed by atoms with Gasteiger partial charge in [0.15, 0.2) is 5.78 Å². The molecule has 1 saturated heterocycles. The van der Waals surface area contributed by atoms with Crippen LogP contribution in [0.4, 0.5) is 10.2 Å². The monoisotopic (exact) mass is 457 g/mol. The van der Waals surface area contributed by atoms with Crippen molar-refractivity contribution in [3.8, 4) is 0 Å². The Labute approximate surface area is 188 Å². The van der Waals surface area contributed by atoms with Gasteiger partial charge in [-0.2, -0.15) is 5.10 Å². The van der Waals surface area contributed by atoms with Crippen LogP contribution in [0.1, 0.15) is 29.4 Å². The lowest BCUT2D eigenvalue weighted by Gasteiger charge is -2.23. The molecule has 3 aromatic rings. The summed E-state index contributed by atoms with van der Waals surface area (Å²) in [7, 11) is 0. The van der Waals surface area contributed by atoms with Gasteiger partial charge in [0.05, 0.1) is 12.1 Å². The van der Waals surface area contributed by atoms with Crippen LogP contribution in [0, 0.1) is 6.92 Å². The third-order valence-corrected chi connectivity index (χ3v) is 5.57. The van der Waals surface area contributed by atoms with Crippen LogP contribution in [0.25, 0.3) is 10.9 Å². The number of alkyl halides is 1. The maximum Gasteiger partial charge on any atom is 0.248 e. The van der Waals surface area contributed by atoms with Crippen molar-refractivity contribution in [2.24, 2.45) is 0 Å². The number of likely N-dealkylation sites (tertiary alicyclic amines) is 1. The van der Waals surface area contributed by atoms with Gasteiger partial charge >= 0.3 is 0 Å². The Morgan fingerprint density at radius 2 is 2.03 bits per heavy atom. The number of nitrogens with zero attached hydrogens (tertiary/aromatic N) is 4. The maximum atomic E-state index is 14.2. The smallest absolute Gasteiger partial charge is 0.248 e. The maximum absolute atomic E-state index is 14.2. The predicted molar refractivity (Wildman–Crippen MR) is 117 cm³/mol. The lowest BCUT2D eigenvalue weighted by Crippen LogP contribution is -2.44. The van der Waals surface area contributed by atoms with Gasteiger partial charge in [-0.05, 0) is 31.2 Å². The van der Waals surface area contributed by atoms with Crippen molar-refractivity contribution in [1.82, 2.24) is 19.7 Å². The summed E-state index contributed by atoms with van der Waals surface area (Å²) in [5.74, 6) is -1.01. The summed E-state index contributed by atoms with van der Waals surface area (Å²) in [6.07, 6.45) is -1.44. The third-order valence-electron chi connectivity index (χ3n) is 5.36. The van der Waals surface area contributed by atoms with Crippen molar-refractivity contribution in [3.05, 3.63) is 52.8 Å². The van der Waals surface area contributed by atoms with E-state index in [1.165, 1.54) is 16.5 Å². The van der Waals surface area contributed by atoms with E-state index in [-0.39, 0.29) is 42.0 Å². The molecule has 2 aromatic heterocycles. The summed E-state index contributed by atoms with van der Waals surface area (Å²) in [6, 6.07) is 9.23. The number of halogens is 2. The Kier molecular flexibility index (Phi) is 5.92. The fourth-order valence-corrected chi connectivity index (χ4v) is 4.05. The second kappa shape index (κ2) is 8.66. The number of aryl methyl sites for hydroxylation is 1. The number of carbonyl (C=O) groups is 3. The molecular formula is C22H21ClFN5O3. The number of rotatable bonds is 5. The van der Waals surface area contributed by atoms with Crippen LogP contribution in [0.5, 0.6) is 0 Å². The van der Waals surface area contributed by atoms with Crippen LogP contribution in [-0.4, -0.2) is 56.0 Å². The molecule has 1 aromatic carbocycles. The number of Topliss-reactive ketones (excluding diaryl/α,β-unsaturated/α-hetero) is 1. The van der Waals surface area contributed by atoms with Crippen LogP contribution < -0.4 is 5.32 Å². The standard InChI is InChI=1S/C22H21ClFN5O3/c1-12-6-7-16-15(8-12)21(13(2)30)27-29(16)11-20(31)28-10-14(24)9-17(28)22(32)26-19-5-3-4-18(23)25-19/h3-8,14,17H,9-11H2,1-2H3,(H,25,26,32)/t14-,17?/m1/s1. The first-order chi connectivity index (χ1) is 15.2. The lowest BCUT2D eigenvalue weighted by molar-refractivity contribution is -0.137. The number of fused-ring (bicyclic) bond motifs is 1. The Hall–Kier alpha value is -3.33. The van der Waals surface area contributed by atoms with Crippen LogP contribution in [-0.2, 0) is 16.1 Å². The molecule has 166 valence electrons. The molecule has 32 heavy (non-hydrogen) atoms. The molecule has 1 unspecified atom stereocenters. The Balaban J connectivity index is 1.57. The fraction of sp³-hybridized carbons (Fsp3) is 0.318. The first kappa shape index (κ1) is 21.9. The zero-order valence-corrected chi connectivity index (χ0v) is 18.3. The van der Waals surface area contributed by atoms with E-state index < -0.39 is 24.0 Å². The minimum Gasteiger partial charge on any atom is -0.326 e. The first-order valence-electron chi connectivity index (χ1n) is 10.1. The van der Waals surface area contributed by atoms with Gasteiger partial charge in [0, 0.05) is 18.7 Å². The molecule has 4 rings (SSSR count). The summed E-state index contributed by atoms with van der Waals surface area (Å²) in [5, 5.41) is 7.75. The summed E-state index contributed by atoms with van der Waals surface area (Å²) >= 11 is 5.84. The molecule has 1 aliphatic heterocycles. The van der Waals surface area contributed by atoms with E-state index in [4.69, 9.17) is 11.6 Å². The van der Waals surface area contributed by atoms with Crippen molar-refractivity contribution >= 4 is 45.9 Å². The van der Waals surface area contributed by atoms with Crippen molar-refractivity contribution in [2.45, 2.75) is 39.0 Å². The molecule has 0 bridgehead atoms. The minimum atomic E-state index is -1.33. The Morgan fingerprint density at radius 3 is 2.75 bits per heavy atom. The molecule has 0 saturated carbocycles. The van der Waals surface area contributed by atoms with E-state index in [9.17, 15) is 18.8 Å². The van der Waals surface area contributed by atoms with E-state index in [0.717, 1.165) is 5.56 Å². The molecule has 1 N–H and O–H groups in total. The normalized spacial score (nSPS) is 18.2.